The molecule has 136 valence electrons. The van der Waals surface area contributed by atoms with Crippen molar-refractivity contribution in [1.82, 2.24) is 5.32 Å². The molecule has 0 radical (unpaired) electrons. The van der Waals surface area contributed by atoms with E-state index in [1.807, 2.05) is 66.4 Å². The number of nitrogens with one attached hydrogen (secondary N) is 1. The standard InChI is InChI=1S/C21H25N3O2/c1-15(23-20(25)14-19(22)16-7-3-2-4-8-16)17-9-5-10-18(13-17)24-12-6-11-21(24)26/h2-5,7-10,13,15,19H,6,11-12,14,22H2,1H3,(H,23,25). The summed E-state index contributed by atoms with van der Waals surface area (Å²) < 4.78 is 0. The number of carbonyl (C=O) groups is 2. The molecule has 3 rings (SSSR count). The second kappa shape index (κ2) is 8.15. The third-order valence-corrected chi connectivity index (χ3v) is 4.77. The zero-order chi connectivity index (χ0) is 18.5. The van der Waals surface area contributed by atoms with Crippen molar-refractivity contribution in [2.45, 2.75) is 38.3 Å². The number of nitrogens with zero attached hydrogens (tertiary/aromatic N) is 1. The average molecular weight is 351 g/mol. The number of rotatable bonds is 6. The first-order valence-electron chi connectivity index (χ1n) is 9.05. The number of hydrogen-bond acceptors (Lipinski definition) is 3. The molecule has 1 aliphatic rings. The molecule has 0 spiro atoms. The summed E-state index contributed by atoms with van der Waals surface area (Å²) in [6, 6.07) is 17.0. The predicted molar refractivity (Wildman–Crippen MR) is 103 cm³/mol. The fourth-order valence-electron chi connectivity index (χ4n) is 3.28. The molecule has 2 amide bonds. The normalized spacial score (nSPS) is 16.4. The van der Waals surface area contributed by atoms with Crippen molar-refractivity contribution in [1.29, 1.82) is 0 Å². The van der Waals surface area contributed by atoms with Gasteiger partial charge in [-0.15, -0.1) is 0 Å². The van der Waals surface area contributed by atoms with Crippen molar-refractivity contribution in [3.8, 4) is 0 Å². The summed E-state index contributed by atoms with van der Waals surface area (Å²) in [4.78, 5) is 26.1. The summed E-state index contributed by atoms with van der Waals surface area (Å²) in [5.74, 6) is 0.0733. The number of carbonyl (C=O) groups excluding carboxylic acids is 2. The maximum absolute atomic E-state index is 12.3. The van der Waals surface area contributed by atoms with Crippen molar-refractivity contribution < 1.29 is 9.59 Å². The molecule has 1 saturated heterocycles. The molecule has 2 aromatic rings. The van der Waals surface area contributed by atoms with Crippen molar-refractivity contribution in [3.63, 3.8) is 0 Å². The molecule has 0 saturated carbocycles. The molecule has 26 heavy (non-hydrogen) atoms. The van der Waals surface area contributed by atoms with Gasteiger partial charge in [0.15, 0.2) is 0 Å². The van der Waals surface area contributed by atoms with Gasteiger partial charge in [0.25, 0.3) is 0 Å². The first kappa shape index (κ1) is 18.1. The van der Waals surface area contributed by atoms with E-state index in [-0.39, 0.29) is 30.3 Å². The number of benzene rings is 2. The fraction of sp³-hybridized carbons (Fsp3) is 0.333. The molecule has 0 bridgehead atoms. The molecular weight excluding hydrogens is 326 g/mol. The Kier molecular flexibility index (Phi) is 5.68. The second-order valence-electron chi connectivity index (χ2n) is 6.75. The second-order valence-corrected chi connectivity index (χ2v) is 6.75. The molecule has 0 aliphatic carbocycles. The van der Waals surface area contributed by atoms with E-state index in [1.165, 1.54) is 0 Å². The first-order valence-corrected chi connectivity index (χ1v) is 9.05. The smallest absolute Gasteiger partial charge is 0.227 e. The van der Waals surface area contributed by atoms with Gasteiger partial charge in [-0.1, -0.05) is 42.5 Å². The van der Waals surface area contributed by atoms with Gasteiger partial charge in [0.1, 0.15) is 0 Å². The molecule has 2 aromatic carbocycles. The molecule has 1 heterocycles. The van der Waals surface area contributed by atoms with E-state index >= 15 is 0 Å². The minimum atomic E-state index is -0.322. The van der Waals surface area contributed by atoms with Crippen LogP contribution in [0.4, 0.5) is 5.69 Å². The summed E-state index contributed by atoms with van der Waals surface area (Å²) >= 11 is 0. The fourth-order valence-corrected chi connectivity index (χ4v) is 3.28. The maximum atomic E-state index is 12.3. The third-order valence-electron chi connectivity index (χ3n) is 4.77. The van der Waals surface area contributed by atoms with Crippen molar-refractivity contribution in [3.05, 3.63) is 65.7 Å². The molecule has 3 N–H and O–H groups in total. The van der Waals surface area contributed by atoms with Crippen LogP contribution < -0.4 is 16.0 Å². The maximum Gasteiger partial charge on any atom is 0.227 e. The molecule has 1 fully saturated rings. The molecule has 5 heteroatoms. The molecular formula is C21H25N3O2. The largest absolute Gasteiger partial charge is 0.350 e. The predicted octanol–water partition coefficient (Wildman–Crippen LogP) is 3.08. The van der Waals surface area contributed by atoms with Gasteiger partial charge in [-0.25, -0.2) is 0 Å². The minimum Gasteiger partial charge on any atom is -0.350 e. The van der Waals surface area contributed by atoms with Crippen LogP contribution in [0.25, 0.3) is 0 Å². The lowest BCUT2D eigenvalue weighted by atomic mass is 10.0. The molecule has 2 atom stereocenters. The van der Waals surface area contributed by atoms with Crippen molar-refractivity contribution in [2.24, 2.45) is 5.73 Å². The minimum absolute atomic E-state index is 0.0866. The van der Waals surface area contributed by atoms with Gasteiger partial charge in [0.2, 0.25) is 11.8 Å². The SMILES string of the molecule is CC(NC(=O)CC(N)c1ccccc1)c1cccc(N2CCCC2=O)c1. The van der Waals surface area contributed by atoms with Gasteiger partial charge in [0, 0.05) is 31.1 Å². The zero-order valence-corrected chi connectivity index (χ0v) is 15.0. The van der Waals surface area contributed by atoms with Crippen molar-refractivity contribution in [2.75, 3.05) is 11.4 Å². The summed E-state index contributed by atoms with van der Waals surface area (Å²) in [6.45, 7) is 2.70. The Bertz CT molecular complexity index is 776. The van der Waals surface area contributed by atoms with Crippen LogP contribution in [0.1, 0.15) is 49.4 Å². The summed E-state index contributed by atoms with van der Waals surface area (Å²) in [6.07, 6.45) is 1.74. The molecule has 0 aromatic heterocycles. The Hall–Kier alpha value is -2.66. The average Bonchev–Trinajstić information content (AvgIpc) is 3.08. The highest BCUT2D eigenvalue weighted by Gasteiger charge is 2.22. The van der Waals surface area contributed by atoms with Crippen LogP contribution in [0, 0.1) is 0 Å². The Balaban J connectivity index is 1.61. The van der Waals surface area contributed by atoms with E-state index in [9.17, 15) is 9.59 Å². The summed E-state index contributed by atoms with van der Waals surface area (Å²) in [5.41, 5.74) is 8.95. The van der Waals surface area contributed by atoms with Gasteiger partial charge < -0.3 is 16.0 Å². The Morgan fingerprint density at radius 1 is 1.15 bits per heavy atom. The Morgan fingerprint density at radius 2 is 1.88 bits per heavy atom. The Labute approximate surface area is 154 Å². The van der Waals surface area contributed by atoms with Gasteiger partial charge in [0.05, 0.1) is 6.04 Å². The van der Waals surface area contributed by atoms with E-state index in [2.05, 4.69) is 5.32 Å². The van der Waals surface area contributed by atoms with Crippen LogP contribution >= 0.6 is 0 Å². The Morgan fingerprint density at radius 3 is 2.58 bits per heavy atom. The molecule has 2 unspecified atom stereocenters. The lowest BCUT2D eigenvalue weighted by molar-refractivity contribution is -0.122. The number of hydrogen-bond donors (Lipinski definition) is 2. The molecule has 1 aliphatic heterocycles. The van der Waals surface area contributed by atoms with Crippen LogP contribution in [-0.4, -0.2) is 18.4 Å². The van der Waals surface area contributed by atoms with Crippen molar-refractivity contribution >= 4 is 17.5 Å². The topological polar surface area (TPSA) is 75.4 Å². The monoisotopic (exact) mass is 351 g/mol. The van der Waals surface area contributed by atoms with Gasteiger partial charge in [-0.05, 0) is 36.6 Å². The number of anilines is 1. The van der Waals surface area contributed by atoms with Crippen LogP contribution in [-0.2, 0) is 9.59 Å². The van der Waals surface area contributed by atoms with Gasteiger partial charge in [-0.2, -0.15) is 0 Å². The van der Waals surface area contributed by atoms with E-state index in [0.717, 1.165) is 29.8 Å². The number of amides is 2. The van der Waals surface area contributed by atoms with Gasteiger partial charge in [-0.3, -0.25) is 9.59 Å². The quantitative estimate of drug-likeness (QED) is 0.840. The van der Waals surface area contributed by atoms with Crippen LogP contribution in [0.15, 0.2) is 54.6 Å². The summed E-state index contributed by atoms with van der Waals surface area (Å²) in [5, 5.41) is 3.00. The highest BCUT2D eigenvalue weighted by atomic mass is 16.2. The van der Waals surface area contributed by atoms with Gasteiger partial charge >= 0.3 is 0 Å². The van der Waals surface area contributed by atoms with E-state index in [0.29, 0.717) is 6.42 Å². The van der Waals surface area contributed by atoms with E-state index < -0.39 is 0 Å². The van der Waals surface area contributed by atoms with Crippen LogP contribution in [0.5, 0.6) is 0 Å². The van der Waals surface area contributed by atoms with E-state index in [4.69, 9.17) is 5.73 Å². The summed E-state index contributed by atoms with van der Waals surface area (Å²) in [7, 11) is 0. The number of nitrogens with two attached hydrogens (primary N) is 1. The van der Waals surface area contributed by atoms with E-state index in [1.54, 1.807) is 0 Å². The first-order chi connectivity index (χ1) is 12.5. The van der Waals surface area contributed by atoms with Crippen LogP contribution in [0.3, 0.4) is 0 Å². The lowest BCUT2D eigenvalue weighted by Gasteiger charge is -2.20. The lowest BCUT2D eigenvalue weighted by Crippen LogP contribution is -2.30. The third kappa shape index (κ3) is 4.29. The molecule has 5 nitrogen and oxygen atoms in total. The van der Waals surface area contributed by atoms with Crippen LogP contribution in [0.2, 0.25) is 0 Å². The zero-order valence-electron chi connectivity index (χ0n) is 15.0. The highest BCUT2D eigenvalue weighted by Crippen LogP contribution is 2.25. The highest BCUT2D eigenvalue weighted by molar-refractivity contribution is 5.95.